The summed E-state index contributed by atoms with van der Waals surface area (Å²) in [5, 5.41) is 19.8. The Morgan fingerprint density at radius 1 is 1.33 bits per heavy atom. The van der Waals surface area contributed by atoms with E-state index in [1.54, 1.807) is 0 Å². The van der Waals surface area contributed by atoms with Gasteiger partial charge < -0.3 is 29.9 Å². The Labute approximate surface area is 104 Å². The number of nitrogens with zero attached hydrogens (tertiary/aromatic N) is 1. The predicted molar refractivity (Wildman–Crippen MR) is 60.2 cm³/mol. The van der Waals surface area contributed by atoms with Gasteiger partial charge in [0.25, 0.3) is 0 Å². The number of aliphatic hydroxyl groups excluding tert-OH is 1. The number of likely N-dealkylation sites (tertiary alicyclic amines) is 1. The average molecular weight is 262 g/mol. The molecule has 8 nitrogen and oxygen atoms in total. The lowest BCUT2D eigenvalue weighted by Crippen LogP contribution is -2.44. The molecule has 8 heteroatoms. The second kappa shape index (κ2) is 6.53. The van der Waals surface area contributed by atoms with Gasteiger partial charge in [0, 0.05) is 14.2 Å². The molecule has 3 N–H and O–H groups in total. The van der Waals surface area contributed by atoms with Crippen molar-refractivity contribution in [1.82, 2.24) is 10.2 Å². The van der Waals surface area contributed by atoms with Crippen LogP contribution in [0.5, 0.6) is 0 Å². The summed E-state index contributed by atoms with van der Waals surface area (Å²) in [6.45, 7) is 0.397. The fraction of sp³-hybridized carbons (Fsp3) is 0.800. The van der Waals surface area contributed by atoms with Gasteiger partial charge in [0.15, 0.2) is 6.10 Å². The molecule has 0 aromatic rings. The molecular weight excluding hydrogens is 244 g/mol. The van der Waals surface area contributed by atoms with E-state index in [1.807, 2.05) is 0 Å². The van der Waals surface area contributed by atoms with Crippen LogP contribution in [0.3, 0.4) is 0 Å². The van der Waals surface area contributed by atoms with Crippen molar-refractivity contribution in [3.63, 3.8) is 0 Å². The summed E-state index contributed by atoms with van der Waals surface area (Å²) in [6.07, 6.45) is -2.01. The van der Waals surface area contributed by atoms with Gasteiger partial charge in [-0.1, -0.05) is 0 Å². The topological polar surface area (TPSA) is 108 Å². The van der Waals surface area contributed by atoms with Crippen molar-refractivity contribution in [3.05, 3.63) is 0 Å². The molecule has 2 amide bonds. The number of rotatable bonds is 5. The van der Waals surface area contributed by atoms with E-state index < -0.39 is 18.1 Å². The van der Waals surface area contributed by atoms with Crippen LogP contribution in [0, 0.1) is 0 Å². The van der Waals surface area contributed by atoms with Crippen molar-refractivity contribution in [2.45, 2.75) is 18.3 Å². The molecule has 2 unspecified atom stereocenters. The van der Waals surface area contributed by atoms with Crippen molar-refractivity contribution in [2.24, 2.45) is 0 Å². The maximum absolute atomic E-state index is 11.7. The van der Waals surface area contributed by atoms with E-state index >= 15 is 0 Å². The maximum Gasteiger partial charge on any atom is 0.334 e. The molecule has 0 radical (unpaired) electrons. The molecule has 0 aromatic carbocycles. The molecule has 1 aliphatic rings. The molecule has 0 spiro atoms. The van der Waals surface area contributed by atoms with E-state index in [4.69, 9.17) is 19.7 Å². The number of aliphatic hydroxyl groups is 1. The van der Waals surface area contributed by atoms with E-state index in [-0.39, 0.29) is 18.8 Å². The molecule has 1 saturated heterocycles. The number of carbonyl (C=O) groups excluding carboxylic acids is 1. The van der Waals surface area contributed by atoms with E-state index in [2.05, 4.69) is 5.32 Å². The minimum Gasteiger partial charge on any atom is -0.479 e. The Hall–Kier alpha value is -1.38. The zero-order valence-electron chi connectivity index (χ0n) is 10.3. The summed E-state index contributed by atoms with van der Waals surface area (Å²) in [4.78, 5) is 23.5. The number of carboxylic acid groups (broad SMARTS) is 1. The molecule has 1 rings (SSSR count). The molecule has 0 saturated carbocycles. The van der Waals surface area contributed by atoms with Gasteiger partial charge in [-0.05, 0) is 0 Å². The molecule has 0 aromatic heterocycles. The van der Waals surface area contributed by atoms with Crippen LogP contribution < -0.4 is 5.32 Å². The molecule has 104 valence electrons. The van der Waals surface area contributed by atoms with Crippen LogP contribution in [0.4, 0.5) is 4.79 Å². The third kappa shape index (κ3) is 3.56. The minimum atomic E-state index is -1.60. The zero-order valence-corrected chi connectivity index (χ0v) is 10.3. The number of hydrogen-bond donors (Lipinski definition) is 3. The highest BCUT2D eigenvalue weighted by Gasteiger charge is 2.35. The Balaban J connectivity index is 2.42. The largest absolute Gasteiger partial charge is 0.479 e. The van der Waals surface area contributed by atoms with Crippen molar-refractivity contribution >= 4 is 12.0 Å². The summed E-state index contributed by atoms with van der Waals surface area (Å²) in [5.41, 5.74) is 0. The summed E-state index contributed by atoms with van der Waals surface area (Å²) < 4.78 is 10.3. The van der Waals surface area contributed by atoms with E-state index in [0.717, 1.165) is 0 Å². The standard InChI is InChI=1S/C10H18N2O6/c1-17-7-4-12(5-8(7)18-2)10(16)11-3-6(13)9(14)15/h6-8,13H,3-5H2,1-2H3,(H,11,16)(H,14,15)/t6-,7?,8?/m0/s1. The third-order valence-electron chi connectivity index (χ3n) is 2.84. The molecule has 0 bridgehead atoms. The highest BCUT2D eigenvalue weighted by molar-refractivity contribution is 5.77. The van der Waals surface area contributed by atoms with Crippen LogP contribution in [0.15, 0.2) is 0 Å². The number of amides is 2. The predicted octanol–water partition coefficient (Wildman–Crippen LogP) is -1.51. The van der Waals surface area contributed by atoms with E-state index in [9.17, 15) is 9.59 Å². The summed E-state index contributed by atoms with van der Waals surface area (Å²) in [5.74, 6) is -1.37. The number of ether oxygens (including phenoxy) is 2. The summed E-state index contributed by atoms with van der Waals surface area (Å²) in [7, 11) is 3.07. The van der Waals surface area contributed by atoms with Crippen LogP contribution in [-0.4, -0.2) is 79.3 Å². The first kappa shape index (κ1) is 14.7. The SMILES string of the molecule is COC1CN(C(=O)NC[C@H](O)C(=O)O)CC1OC. The third-order valence-corrected chi connectivity index (χ3v) is 2.84. The Morgan fingerprint density at radius 3 is 2.22 bits per heavy atom. The van der Waals surface area contributed by atoms with Gasteiger partial charge in [0.05, 0.1) is 19.6 Å². The quantitative estimate of drug-likeness (QED) is 0.555. The molecule has 18 heavy (non-hydrogen) atoms. The van der Waals surface area contributed by atoms with Crippen LogP contribution >= 0.6 is 0 Å². The van der Waals surface area contributed by atoms with Gasteiger partial charge >= 0.3 is 12.0 Å². The lowest BCUT2D eigenvalue weighted by Gasteiger charge is -2.17. The van der Waals surface area contributed by atoms with Crippen LogP contribution in [0.25, 0.3) is 0 Å². The first-order valence-corrected chi connectivity index (χ1v) is 5.48. The minimum absolute atomic E-state index is 0.204. The normalized spacial score (nSPS) is 24.9. The van der Waals surface area contributed by atoms with Crippen LogP contribution in [0.2, 0.25) is 0 Å². The molecule has 0 aliphatic carbocycles. The Morgan fingerprint density at radius 2 is 1.83 bits per heavy atom. The number of aliphatic carboxylic acids is 1. The monoisotopic (exact) mass is 262 g/mol. The smallest absolute Gasteiger partial charge is 0.334 e. The number of nitrogens with one attached hydrogen (secondary N) is 1. The van der Waals surface area contributed by atoms with Gasteiger partial charge in [-0.25, -0.2) is 9.59 Å². The van der Waals surface area contributed by atoms with Crippen molar-refractivity contribution < 1.29 is 29.3 Å². The van der Waals surface area contributed by atoms with Crippen molar-refractivity contribution in [1.29, 1.82) is 0 Å². The number of methoxy groups -OCH3 is 2. The highest BCUT2D eigenvalue weighted by atomic mass is 16.5. The molecule has 1 fully saturated rings. The van der Waals surface area contributed by atoms with Gasteiger partial charge in [-0.3, -0.25) is 0 Å². The number of urea groups is 1. The van der Waals surface area contributed by atoms with Gasteiger partial charge in [0.1, 0.15) is 12.2 Å². The zero-order chi connectivity index (χ0) is 13.7. The van der Waals surface area contributed by atoms with Gasteiger partial charge in [0.2, 0.25) is 0 Å². The summed E-state index contributed by atoms with van der Waals surface area (Å²) >= 11 is 0. The first-order chi connectivity index (χ1) is 8.49. The van der Waals surface area contributed by atoms with Gasteiger partial charge in [-0.2, -0.15) is 0 Å². The van der Waals surface area contributed by atoms with Crippen molar-refractivity contribution in [3.8, 4) is 0 Å². The average Bonchev–Trinajstić information content (AvgIpc) is 2.78. The first-order valence-electron chi connectivity index (χ1n) is 5.48. The maximum atomic E-state index is 11.7. The second-order valence-corrected chi connectivity index (χ2v) is 3.99. The van der Waals surface area contributed by atoms with Crippen LogP contribution in [0.1, 0.15) is 0 Å². The molecule has 1 aliphatic heterocycles. The second-order valence-electron chi connectivity index (χ2n) is 3.99. The van der Waals surface area contributed by atoms with Crippen molar-refractivity contribution in [2.75, 3.05) is 33.9 Å². The van der Waals surface area contributed by atoms with Gasteiger partial charge in [-0.15, -0.1) is 0 Å². The van der Waals surface area contributed by atoms with E-state index in [1.165, 1.54) is 19.1 Å². The molecular formula is C10H18N2O6. The Bertz CT molecular complexity index is 299. The lowest BCUT2D eigenvalue weighted by atomic mass is 10.3. The number of carbonyl (C=O) groups is 2. The fourth-order valence-corrected chi connectivity index (χ4v) is 1.75. The lowest BCUT2D eigenvalue weighted by molar-refractivity contribution is -0.146. The molecule has 1 heterocycles. The highest BCUT2D eigenvalue weighted by Crippen LogP contribution is 2.15. The summed E-state index contributed by atoms with van der Waals surface area (Å²) in [6, 6.07) is -0.447. The van der Waals surface area contributed by atoms with Crippen LogP contribution in [-0.2, 0) is 14.3 Å². The van der Waals surface area contributed by atoms with E-state index in [0.29, 0.717) is 13.1 Å². The molecule has 3 atom stereocenters. The number of hydrogen-bond acceptors (Lipinski definition) is 5. The Kier molecular flexibility index (Phi) is 5.32. The fourth-order valence-electron chi connectivity index (χ4n) is 1.75. The number of carboxylic acids is 1.